The highest BCUT2D eigenvalue weighted by atomic mass is 16.5. The van der Waals surface area contributed by atoms with Crippen LogP contribution in [0, 0.1) is 0 Å². The first-order valence-corrected chi connectivity index (χ1v) is 4.34. The molecule has 0 aromatic heterocycles. The maximum Gasteiger partial charge on any atom is 0.334 e. The van der Waals surface area contributed by atoms with Gasteiger partial charge in [0.25, 0.3) is 0 Å². The SMILES string of the molecule is C=C(CC(=O)OC)C(=O)OC(C)C(C)=O. The second-order valence-electron chi connectivity index (χ2n) is 3.01. The Morgan fingerprint density at radius 2 is 1.87 bits per heavy atom. The fraction of sp³-hybridized carbons (Fsp3) is 0.500. The van der Waals surface area contributed by atoms with E-state index in [1.807, 2.05) is 0 Å². The fourth-order valence-electron chi connectivity index (χ4n) is 0.645. The number of esters is 2. The second-order valence-corrected chi connectivity index (χ2v) is 3.01. The number of carbonyl (C=O) groups is 3. The van der Waals surface area contributed by atoms with Crippen LogP contribution in [0.15, 0.2) is 12.2 Å². The molecule has 0 aromatic carbocycles. The van der Waals surface area contributed by atoms with Gasteiger partial charge in [0.05, 0.1) is 13.5 Å². The minimum absolute atomic E-state index is 0.0325. The molecule has 0 fully saturated rings. The van der Waals surface area contributed by atoms with Gasteiger partial charge >= 0.3 is 11.9 Å². The van der Waals surface area contributed by atoms with Gasteiger partial charge in [0.1, 0.15) is 0 Å². The van der Waals surface area contributed by atoms with Crippen LogP contribution in [0.3, 0.4) is 0 Å². The maximum absolute atomic E-state index is 11.2. The van der Waals surface area contributed by atoms with Crippen LogP contribution in [-0.4, -0.2) is 30.9 Å². The number of ether oxygens (including phenoxy) is 2. The molecule has 5 nitrogen and oxygen atoms in total. The molecule has 0 heterocycles. The lowest BCUT2D eigenvalue weighted by atomic mass is 10.2. The maximum atomic E-state index is 11.2. The highest BCUT2D eigenvalue weighted by molar-refractivity contribution is 5.94. The average molecular weight is 214 g/mol. The molecule has 0 aromatic rings. The monoisotopic (exact) mass is 214 g/mol. The topological polar surface area (TPSA) is 69.7 Å². The van der Waals surface area contributed by atoms with Gasteiger partial charge in [-0.05, 0) is 13.8 Å². The summed E-state index contributed by atoms with van der Waals surface area (Å²) in [6, 6.07) is 0. The summed E-state index contributed by atoms with van der Waals surface area (Å²) in [5.41, 5.74) is -0.0325. The van der Waals surface area contributed by atoms with E-state index in [4.69, 9.17) is 4.74 Å². The molecule has 5 heteroatoms. The molecule has 1 unspecified atom stereocenters. The van der Waals surface area contributed by atoms with Crippen LogP contribution in [0.2, 0.25) is 0 Å². The van der Waals surface area contributed by atoms with Gasteiger partial charge in [-0.2, -0.15) is 0 Å². The van der Waals surface area contributed by atoms with Gasteiger partial charge < -0.3 is 9.47 Å². The number of rotatable bonds is 5. The minimum Gasteiger partial charge on any atom is -0.469 e. The van der Waals surface area contributed by atoms with E-state index >= 15 is 0 Å². The first-order valence-electron chi connectivity index (χ1n) is 4.34. The van der Waals surface area contributed by atoms with Crippen LogP contribution in [0.25, 0.3) is 0 Å². The smallest absolute Gasteiger partial charge is 0.334 e. The lowest BCUT2D eigenvalue weighted by Gasteiger charge is -2.10. The molecule has 0 aliphatic carbocycles. The molecule has 15 heavy (non-hydrogen) atoms. The number of ketones is 1. The Labute approximate surface area is 88.0 Å². The molecule has 0 radical (unpaired) electrons. The van der Waals surface area contributed by atoms with E-state index in [0.29, 0.717) is 0 Å². The predicted octanol–water partition coefficient (Wildman–Crippen LogP) is 0.626. The molecule has 1 atom stereocenters. The molecule has 0 rings (SSSR count). The first-order chi connectivity index (χ1) is 6.88. The van der Waals surface area contributed by atoms with Crippen molar-refractivity contribution in [3.8, 4) is 0 Å². The molecule has 0 aliphatic heterocycles. The zero-order valence-corrected chi connectivity index (χ0v) is 9.03. The van der Waals surface area contributed by atoms with Crippen molar-refractivity contribution in [3.05, 3.63) is 12.2 Å². The van der Waals surface area contributed by atoms with Gasteiger partial charge in [-0.25, -0.2) is 4.79 Å². The fourth-order valence-corrected chi connectivity index (χ4v) is 0.645. The van der Waals surface area contributed by atoms with E-state index < -0.39 is 18.0 Å². The van der Waals surface area contributed by atoms with Crippen LogP contribution in [0.1, 0.15) is 20.3 Å². The standard InChI is InChI=1S/C10H14O5/c1-6(5-9(12)14-4)10(13)15-8(3)7(2)11/h8H,1,5H2,2-4H3. The van der Waals surface area contributed by atoms with Crippen LogP contribution in [0.5, 0.6) is 0 Å². The van der Waals surface area contributed by atoms with E-state index in [1.54, 1.807) is 0 Å². The molecule has 0 saturated carbocycles. The Bertz CT molecular complexity index is 292. The molecule has 84 valence electrons. The zero-order valence-electron chi connectivity index (χ0n) is 9.03. The number of hydrogen-bond acceptors (Lipinski definition) is 5. The first kappa shape index (κ1) is 13.4. The average Bonchev–Trinajstić information content (AvgIpc) is 2.16. The lowest BCUT2D eigenvalue weighted by molar-refractivity contribution is -0.151. The number of hydrogen-bond donors (Lipinski definition) is 0. The summed E-state index contributed by atoms with van der Waals surface area (Å²) in [6.45, 7) is 6.12. The third-order valence-corrected chi connectivity index (χ3v) is 1.73. The van der Waals surface area contributed by atoms with Gasteiger partial charge in [-0.3, -0.25) is 9.59 Å². The van der Waals surface area contributed by atoms with E-state index in [0.717, 1.165) is 0 Å². The Balaban J connectivity index is 4.17. The normalized spacial score (nSPS) is 11.4. The van der Waals surface area contributed by atoms with E-state index in [-0.39, 0.29) is 17.8 Å². The Morgan fingerprint density at radius 3 is 2.27 bits per heavy atom. The molecule has 0 amide bonds. The quantitative estimate of drug-likeness (QED) is 0.495. The summed E-state index contributed by atoms with van der Waals surface area (Å²) >= 11 is 0. The van der Waals surface area contributed by atoms with Crippen LogP contribution < -0.4 is 0 Å². The van der Waals surface area contributed by atoms with Crippen molar-refractivity contribution in [3.63, 3.8) is 0 Å². The van der Waals surface area contributed by atoms with Gasteiger partial charge in [0, 0.05) is 5.57 Å². The van der Waals surface area contributed by atoms with E-state index in [9.17, 15) is 14.4 Å². The van der Waals surface area contributed by atoms with Crippen LogP contribution in [-0.2, 0) is 23.9 Å². The zero-order chi connectivity index (χ0) is 12.0. The van der Waals surface area contributed by atoms with Crippen molar-refractivity contribution >= 4 is 17.7 Å². The highest BCUT2D eigenvalue weighted by Crippen LogP contribution is 2.05. The van der Waals surface area contributed by atoms with Crippen LogP contribution >= 0.6 is 0 Å². The van der Waals surface area contributed by atoms with Gasteiger partial charge in [-0.1, -0.05) is 6.58 Å². The van der Waals surface area contributed by atoms with Crippen LogP contribution in [0.4, 0.5) is 0 Å². The summed E-state index contributed by atoms with van der Waals surface area (Å²) < 4.78 is 9.07. The summed E-state index contributed by atoms with van der Waals surface area (Å²) in [5, 5.41) is 0. The van der Waals surface area contributed by atoms with Crippen molar-refractivity contribution in [2.75, 3.05) is 7.11 Å². The summed E-state index contributed by atoms with van der Waals surface area (Å²) in [7, 11) is 1.21. The molecule has 0 N–H and O–H groups in total. The van der Waals surface area contributed by atoms with E-state index in [2.05, 4.69) is 11.3 Å². The second kappa shape index (κ2) is 5.95. The number of carbonyl (C=O) groups excluding carboxylic acids is 3. The molecule has 0 spiro atoms. The van der Waals surface area contributed by atoms with Crippen molar-refractivity contribution in [1.82, 2.24) is 0 Å². The summed E-state index contributed by atoms with van der Waals surface area (Å²) in [5.74, 6) is -1.61. The summed E-state index contributed by atoms with van der Waals surface area (Å²) in [6.07, 6.45) is -1.06. The van der Waals surface area contributed by atoms with Gasteiger partial charge in [0.2, 0.25) is 0 Å². The Morgan fingerprint density at radius 1 is 1.33 bits per heavy atom. The van der Waals surface area contributed by atoms with Crippen molar-refractivity contribution in [2.45, 2.75) is 26.4 Å². The predicted molar refractivity (Wildman–Crippen MR) is 52.0 cm³/mol. The lowest BCUT2D eigenvalue weighted by Crippen LogP contribution is -2.23. The third-order valence-electron chi connectivity index (χ3n) is 1.73. The molecule has 0 bridgehead atoms. The molecule has 0 saturated heterocycles. The van der Waals surface area contributed by atoms with Crippen molar-refractivity contribution in [1.29, 1.82) is 0 Å². The van der Waals surface area contributed by atoms with E-state index in [1.165, 1.54) is 21.0 Å². The minimum atomic E-state index is -0.827. The Hall–Kier alpha value is -1.65. The van der Waals surface area contributed by atoms with Gasteiger partial charge in [0.15, 0.2) is 11.9 Å². The largest absolute Gasteiger partial charge is 0.469 e. The van der Waals surface area contributed by atoms with Crippen molar-refractivity contribution in [2.24, 2.45) is 0 Å². The highest BCUT2D eigenvalue weighted by Gasteiger charge is 2.18. The number of Topliss-reactive ketones (excluding diaryl/α,β-unsaturated/α-hetero) is 1. The van der Waals surface area contributed by atoms with Crippen molar-refractivity contribution < 1.29 is 23.9 Å². The Kier molecular flexibility index (Phi) is 5.30. The third kappa shape index (κ3) is 4.95. The molecular weight excluding hydrogens is 200 g/mol. The summed E-state index contributed by atoms with van der Waals surface area (Å²) in [4.78, 5) is 32.8. The van der Waals surface area contributed by atoms with Gasteiger partial charge in [-0.15, -0.1) is 0 Å². The number of methoxy groups -OCH3 is 1. The molecular formula is C10H14O5. The molecule has 0 aliphatic rings.